The van der Waals surface area contributed by atoms with Crippen LogP contribution >= 0.6 is 11.6 Å². The zero-order valence-corrected chi connectivity index (χ0v) is 21.3. The van der Waals surface area contributed by atoms with E-state index in [0.717, 1.165) is 10.4 Å². The Morgan fingerprint density at radius 3 is 2.31 bits per heavy atom. The lowest BCUT2D eigenvalue weighted by atomic mass is 10.2. The molecule has 35 heavy (non-hydrogen) atoms. The first-order valence-corrected chi connectivity index (χ1v) is 12.0. The molecule has 2 N–H and O–H groups in total. The molecule has 2 rings (SSSR count). The topological polar surface area (TPSA) is 140 Å². The molecule has 0 saturated heterocycles. The number of benzene rings is 2. The van der Waals surface area contributed by atoms with E-state index in [-0.39, 0.29) is 33.0 Å². The van der Waals surface area contributed by atoms with E-state index in [2.05, 4.69) is 5.32 Å². The Bertz CT molecular complexity index is 1220. The number of amides is 3. The first-order chi connectivity index (χ1) is 16.4. The van der Waals surface area contributed by atoms with Gasteiger partial charge < -0.3 is 19.5 Å². The van der Waals surface area contributed by atoms with Gasteiger partial charge >= 0.3 is 12.0 Å². The van der Waals surface area contributed by atoms with E-state index in [4.69, 9.17) is 25.8 Å². The Kier molecular flexibility index (Phi) is 9.32. The zero-order chi connectivity index (χ0) is 26.3. The second kappa shape index (κ2) is 11.8. The van der Waals surface area contributed by atoms with E-state index >= 15 is 0 Å². The van der Waals surface area contributed by atoms with E-state index in [1.54, 1.807) is 13.8 Å². The van der Waals surface area contributed by atoms with Crippen molar-refractivity contribution in [1.82, 2.24) is 10.6 Å². The summed E-state index contributed by atoms with van der Waals surface area (Å²) in [6.07, 6.45) is 0. The first-order valence-electron chi connectivity index (χ1n) is 10.2. The summed E-state index contributed by atoms with van der Waals surface area (Å²) in [7, 11) is -0.0836. The van der Waals surface area contributed by atoms with Gasteiger partial charge in [0, 0.05) is 19.2 Å². The van der Waals surface area contributed by atoms with Crippen LogP contribution in [0.25, 0.3) is 0 Å². The normalized spacial score (nSPS) is 10.9. The molecule has 13 heteroatoms. The number of carbonyl (C=O) groups excluding carboxylic acids is 3. The summed E-state index contributed by atoms with van der Waals surface area (Å²) < 4.78 is 42.8. The number of urea groups is 1. The molecule has 3 amide bonds. The van der Waals surface area contributed by atoms with Crippen molar-refractivity contribution in [3.63, 3.8) is 0 Å². The Morgan fingerprint density at radius 1 is 1.06 bits per heavy atom. The molecule has 0 heterocycles. The minimum atomic E-state index is -4.16. The lowest BCUT2D eigenvalue weighted by Gasteiger charge is -2.23. The lowest BCUT2D eigenvalue weighted by Crippen LogP contribution is -2.44. The predicted molar refractivity (Wildman–Crippen MR) is 129 cm³/mol. The van der Waals surface area contributed by atoms with Crippen molar-refractivity contribution in [2.45, 2.75) is 24.8 Å². The summed E-state index contributed by atoms with van der Waals surface area (Å²) in [5.74, 6) is -1.30. The molecule has 0 unspecified atom stereocenters. The summed E-state index contributed by atoms with van der Waals surface area (Å²) in [5, 5.41) is 4.63. The molecular formula is C22H26ClN3O8S. The van der Waals surface area contributed by atoms with Gasteiger partial charge in [0.1, 0.15) is 11.5 Å². The number of rotatable bonds is 9. The number of nitrogens with zero attached hydrogens (tertiary/aromatic N) is 1. The maximum Gasteiger partial charge on any atom is 0.338 e. The monoisotopic (exact) mass is 527 g/mol. The fourth-order valence-electron chi connectivity index (χ4n) is 2.84. The van der Waals surface area contributed by atoms with Crippen LogP contribution in [0.1, 0.15) is 24.2 Å². The molecule has 2 aromatic carbocycles. The van der Waals surface area contributed by atoms with Gasteiger partial charge in [-0.3, -0.25) is 14.4 Å². The molecule has 0 aliphatic rings. The second-order valence-electron chi connectivity index (χ2n) is 7.41. The minimum Gasteiger partial charge on any atom is -0.495 e. The standard InChI is InChI=1S/C22H26ClN3O8S/c1-13(2)24-22(29)25-20(27)12-34-21(28)14-7-6-8-15(9-14)35(30,31)26(3)17-10-16(23)18(32-4)11-19(17)33-5/h6-11,13H,12H2,1-5H3,(H2,24,25,27,29). The van der Waals surface area contributed by atoms with Crippen molar-refractivity contribution >= 4 is 45.2 Å². The van der Waals surface area contributed by atoms with Gasteiger partial charge in [-0.25, -0.2) is 18.0 Å². The van der Waals surface area contributed by atoms with Gasteiger partial charge in [-0.05, 0) is 38.1 Å². The van der Waals surface area contributed by atoms with Crippen LogP contribution < -0.4 is 24.4 Å². The number of imide groups is 1. The molecule has 0 aromatic heterocycles. The highest BCUT2D eigenvalue weighted by Crippen LogP contribution is 2.39. The number of esters is 1. The minimum absolute atomic E-state index is 0.112. The molecule has 0 bridgehead atoms. The molecule has 0 aliphatic heterocycles. The average molecular weight is 528 g/mol. The molecule has 0 saturated carbocycles. The van der Waals surface area contributed by atoms with Crippen LogP contribution in [-0.2, 0) is 19.6 Å². The second-order valence-corrected chi connectivity index (χ2v) is 9.79. The van der Waals surface area contributed by atoms with Crippen molar-refractivity contribution in [3.05, 3.63) is 47.0 Å². The van der Waals surface area contributed by atoms with Crippen LogP contribution in [-0.4, -0.2) is 60.2 Å². The number of nitrogens with one attached hydrogen (secondary N) is 2. The number of anilines is 1. The number of methoxy groups -OCH3 is 2. The Hall–Kier alpha value is -3.51. The third-order valence-corrected chi connectivity index (χ3v) is 6.59. The summed E-state index contributed by atoms with van der Waals surface area (Å²) in [6, 6.07) is 6.99. The quantitative estimate of drug-likeness (QED) is 0.474. The molecule has 0 spiro atoms. The maximum atomic E-state index is 13.3. The van der Waals surface area contributed by atoms with E-state index in [0.29, 0.717) is 5.75 Å². The van der Waals surface area contributed by atoms with E-state index in [1.807, 2.05) is 5.32 Å². The van der Waals surface area contributed by atoms with Gasteiger partial charge in [0.05, 0.1) is 35.4 Å². The summed E-state index contributed by atoms with van der Waals surface area (Å²) >= 11 is 6.16. The van der Waals surface area contributed by atoms with Crippen LogP contribution in [0.5, 0.6) is 11.5 Å². The Balaban J connectivity index is 2.21. The third kappa shape index (κ3) is 6.99. The van der Waals surface area contributed by atoms with Crippen LogP contribution in [0.3, 0.4) is 0 Å². The van der Waals surface area contributed by atoms with Crippen molar-refractivity contribution in [2.24, 2.45) is 0 Å². The number of hydrogen-bond acceptors (Lipinski definition) is 8. The molecule has 0 atom stereocenters. The van der Waals surface area contributed by atoms with Gasteiger partial charge in [0.15, 0.2) is 6.61 Å². The molecule has 0 fully saturated rings. The smallest absolute Gasteiger partial charge is 0.338 e. The lowest BCUT2D eigenvalue weighted by molar-refractivity contribution is -0.123. The zero-order valence-electron chi connectivity index (χ0n) is 19.7. The van der Waals surface area contributed by atoms with Crippen LogP contribution in [0.15, 0.2) is 41.3 Å². The molecule has 2 aromatic rings. The summed E-state index contributed by atoms with van der Waals surface area (Å²) in [6.45, 7) is 2.69. The number of sulfonamides is 1. The molecule has 0 radical (unpaired) electrons. The highest BCUT2D eigenvalue weighted by Gasteiger charge is 2.26. The SMILES string of the molecule is COc1cc(OC)c(N(C)S(=O)(=O)c2cccc(C(=O)OCC(=O)NC(=O)NC(C)C)c2)cc1Cl. The van der Waals surface area contributed by atoms with Gasteiger partial charge in [0.2, 0.25) is 0 Å². The maximum absolute atomic E-state index is 13.3. The number of ether oxygens (including phenoxy) is 3. The van der Waals surface area contributed by atoms with E-state index < -0.39 is 34.5 Å². The van der Waals surface area contributed by atoms with Gasteiger partial charge in [0.25, 0.3) is 15.9 Å². The molecule has 190 valence electrons. The summed E-state index contributed by atoms with van der Waals surface area (Å²) in [4.78, 5) is 35.5. The highest BCUT2D eigenvalue weighted by molar-refractivity contribution is 7.92. The van der Waals surface area contributed by atoms with E-state index in [1.165, 1.54) is 51.6 Å². The van der Waals surface area contributed by atoms with Crippen LogP contribution in [0.4, 0.5) is 10.5 Å². The fraction of sp³-hybridized carbons (Fsp3) is 0.318. The van der Waals surface area contributed by atoms with E-state index in [9.17, 15) is 22.8 Å². The number of halogens is 1. The van der Waals surface area contributed by atoms with Gasteiger partial charge in [-0.1, -0.05) is 17.7 Å². The Morgan fingerprint density at radius 2 is 1.71 bits per heavy atom. The molecule has 0 aliphatic carbocycles. The van der Waals surface area contributed by atoms with Gasteiger partial charge in [-0.15, -0.1) is 0 Å². The van der Waals surface area contributed by atoms with Crippen molar-refractivity contribution in [2.75, 3.05) is 32.2 Å². The van der Waals surface area contributed by atoms with Crippen molar-refractivity contribution in [1.29, 1.82) is 0 Å². The fourth-order valence-corrected chi connectivity index (χ4v) is 4.32. The molecular weight excluding hydrogens is 502 g/mol. The highest BCUT2D eigenvalue weighted by atomic mass is 35.5. The van der Waals surface area contributed by atoms with Crippen LogP contribution in [0, 0.1) is 0 Å². The largest absolute Gasteiger partial charge is 0.495 e. The summed E-state index contributed by atoms with van der Waals surface area (Å²) in [5.41, 5.74) is 0.0289. The van der Waals surface area contributed by atoms with Crippen LogP contribution in [0.2, 0.25) is 5.02 Å². The third-order valence-electron chi connectivity index (χ3n) is 4.53. The van der Waals surface area contributed by atoms with Gasteiger partial charge in [-0.2, -0.15) is 0 Å². The molecule has 11 nitrogen and oxygen atoms in total. The first kappa shape index (κ1) is 27.7. The van der Waals surface area contributed by atoms with Crippen molar-refractivity contribution in [3.8, 4) is 11.5 Å². The number of hydrogen-bond donors (Lipinski definition) is 2. The number of carbonyl (C=O) groups is 3. The average Bonchev–Trinajstić information content (AvgIpc) is 2.81. The van der Waals surface area contributed by atoms with Crippen molar-refractivity contribution < 1.29 is 37.0 Å². The Labute approximate surface area is 208 Å². The predicted octanol–water partition coefficient (Wildman–Crippen LogP) is 2.57.